The van der Waals surface area contributed by atoms with Crippen molar-refractivity contribution in [2.45, 2.75) is 38.6 Å². The summed E-state index contributed by atoms with van der Waals surface area (Å²) in [4.78, 5) is 41.3. The van der Waals surface area contributed by atoms with Crippen molar-refractivity contribution in [3.63, 3.8) is 0 Å². The number of anilines is 2. The number of carbonyl (C=O) groups is 3. The van der Waals surface area contributed by atoms with E-state index in [1.54, 1.807) is 24.3 Å². The van der Waals surface area contributed by atoms with Crippen molar-refractivity contribution in [1.29, 1.82) is 0 Å². The van der Waals surface area contributed by atoms with Crippen molar-refractivity contribution < 1.29 is 14.4 Å². The van der Waals surface area contributed by atoms with Gasteiger partial charge >= 0.3 is 6.03 Å². The molecule has 2 aliphatic heterocycles. The second-order valence-electron chi connectivity index (χ2n) is 8.85. The first kappa shape index (κ1) is 22.6. The van der Waals surface area contributed by atoms with Gasteiger partial charge in [-0.15, -0.1) is 0 Å². The van der Waals surface area contributed by atoms with Crippen molar-refractivity contribution in [2.24, 2.45) is 0 Å². The van der Waals surface area contributed by atoms with E-state index in [0.29, 0.717) is 20.7 Å². The number of hydrogen-bond acceptors (Lipinski definition) is 4. The van der Waals surface area contributed by atoms with Gasteiger partial charge in [-0.3, -0.25) is 14.9 Å². The van der Waals surface area contributed by atoms with Gasteiger partial charge in [0.25, 0.3) is 11.8 Å². The lowest BCUT2D eigenvalue weighted by Crippen LogP contribution is -2.54. The molecule has 1 fully saturated rings. The molecule has 166 valence electrons. The van der Waals surface area contributed by atoms with Crippen LogP contribution in [0.3, 0.4) is 0 Å². The Morgan fingerprint density at radius 3 is 2.59 bits per heavy atom. The molecule has 1 saturated heterocycles. The van der Waals surface area contributed by atoms with Gasteiger partial charge in [-0.2, -0.15) is 0 Å². The van der Waals surface area contributed by atoms with Crippen LogP contribution < -0.4 is 15.1 Å². The number of nitrogens with zero attached hydrogens (tertiary/aromatic N) is 2. The highest BCUT2D eigenvalue weighted by molar-refractivity contribution is 9.10. The lowest BCUT2D eigenvalue weighted by molar-refractivity contribution is -0.122. The fraction of sp³-hybridized carbons (Fsp3) is 0.292. The Kier molecular flexibility index (Phi) is 5.67. The van der Waals surface area contributed by atoms with Crippen LogP contribution in [0.1, 0.15) is 44.2 Å². The summed E-state index contributed by atoms with van der Waals surface area (Å²) in [6.07, 6.45) is 2.42. The van der Waals surface area contributed by atoms with Gasteiger partial charge in [0.2, 0.25) is 0 Å². The van der Waals surface area contributed by atoms with Crippen molar-refractivity contribution in [1.82, 2.24) is 5.32 Å². The van der Waals surface area contributed by atoms with Crippen LogP contribution in [0.15, 0.2) is 46.4 Å². The fourth-order valence-corrected chi connectivity index (χ4v) is 4.98. The van der Waals surface area contributed by atoms with Crippen LogP contribution in [-0.4, -0.2) is 30.4 Å². The van der Waals surface area contributed by atoms with Crippen LogP contribution in [0.2, 0.25) is 5.02 Å². The monoisotopic (exact) mass is 515 g/mol. The van der Waals surface area contributed by atoms with E-state index < -0.39 is 17.8 Å². The third kappa shape index (κ3) is 3.84. The zero-order chi connectivity index (χ0) is 23.4. The molecule has 0 spiro atoms. The topological polar surface area (TPSA) is 69.7 Å². The Morgan fingerprint density at radius 1 is 1.19 bits per heavy atom. The third-order valence-electron chi connectivity index (χ3n) is 6.22. The Hall–Kier alpha value is -2.64. The minimum atomic E-state index is -0.788. The maximum Gasteiger partial charge on any atom is 0.335 e. The predicted molar refractivity (Wildman–Crippen MR) is 130 cm³/mol. The molecular weight excluding hydrogens is 494 g/mol. The number of barbiturate groups is 1. The maximum atomic E-state index is 13.2. The number of benzene rings is 2. The first-order valence-electron chi connectivity index (χ1n) is 10.2. The van der Waals surface area contributed by atoms with Gasteiger partial charge in [0.15, 0.2) is 0 Å². The van der Waals surface area contributed by atoms with Crippen molar-refractivity contribution in [3.8, 4) is 0 Å². The first-order chi connectivity index (χ1) is 15.0. The fourth-order valence-electron chi connectivity index (χ4n) is 4.38. The Labute approximate surface area is 200 Å². The molecular formula is C24H23BrClN3O3. The zero-order valence-electron chi connectivity index (χ0n) is 18.2. The molecule has 2 aliphatic rings. The average molecular weight is 517 g/mol. The van der Waals surface area contributed by atoms with Crippen molar-refractivity contribution in [3.05, 3.63) is 62.6 Å². The number of hydrogen-bond donors (Lipinski definition) is 1. The summed E-state index contributed by atoms with van der Waals surface area (Å²) in [5.41, 5.74) is 2.89. The molecule has 1 N–H and O–H groups in total. The average Bonchev–Trinajstić information content (AvgIpc) is 2.69. The number of halogens is 2. The molecule has 6 nitrogen and oxygen atoms in total. The quantitative estimate of drug-likeness (QED) is 0.423. The number of urea groups is 1. The van der Waals surface area contributed by atoms with Crippen molar-refractivity contribution >= 4 is 62.8 Å². The SMILES string of the molecule is C[C@H]1CC(C)(C)N(C)c2cc(Cl)c(/C=C3\C(=O)NC(=O)N(c4cccc(Br)c4)C3=O)cc21. The zero-order valence-corrected chi connectivity index (χ0v) is 20.5. The Balaban J connectivity index is 1.78. The normalized spacial score (nSPS) is 21.6. The minimum Gasteiger partial charge on any atom is -0.369 e. The second kappa shape index (κ2) is 8.05. The van der Waals surface area contributed by atoms with Gasteiger partial charge in [-0.25, -0.2) is 9.69 Å². The number of imide groups is 2. The summed E-state index contributed by atoms with van der Waals surface area (Å²) in [6, 6.07) is 9.77. The van der Waals surface area contributed by atoms with E-state index in [4.69, 9.17) is 11.6 Å². The summed E-state index contributed by atoms with van der Waals surface area (Å²) >= 11 is 9.92. The molecule has 0 aromatic heterocycles. The van der Waals surface area contributed by atoms with Crippen LogP contribution in [-0.2, 0) is 9.59 Å². The molecule has 2 aromatic carbocycles. The van der Waals surface area contributed by atoms with Gasteiger partial charge in [-0.1, -0.05) is 40.5 Å². The van der Waals surface area contributed by atoms with Gasteiger partial charge < -0.3 is 4.90 Å². The number of carbonyl (C=O) groups excluding carboxylic acids is 3. The molecule has 1 atom stereocenters. The molecule has 4 rings (SSSR count). The molecule has 0 unspecified atom stereocenters. The van der Waals surface area contributed by atoms with Gasteiger partial charge in [0, 0.05) is 27.8 Å². The predicted octanol–water partition coefficient (Wildman–Crippen LogP) is 5.49. The summed E-state index contributed by atoms with van der Waals surface area (Å²) in [5, 5.41) is 2.68. The third-order valence-corrected chi connectivity index (χ3v) is 7.04. The highest BCUT2D eigenvalue weighted by atomic mass is 79.9. The van der Waals surface area contributed by atoms with Crippen LogP contribution >= 0.6 is 27.5 Å². The highest BCUT2D eigenvalue weighted by Gasteiger charge is 2.38. The molecule has 0 saturated carbocycles. The highest BCUT2D eigenvalue weighted by Crippen LogP contribution is 2.44. The van der Waals surface area contributed by atoms with Crippen LogP contribution in [0.5, 0.6) is 0 Å². The molecule has 0 radical (unpaired) electrons. The molecule has 2 heterocycles. The molecule has 32 heavy (non-hydrogen) atoms. The minimum absolute atomic E-state index is 0.0141. The van der Waals surface area contributed by atoms with Crippen LogP contribution in [0, 0.1) is 0 Å². The second-order valence-corrected chi connectivity index (χ2v) is 10.2. The van der Waals surface area contributed by atoms with Crippen LogP contribution in [0.4, 0.5) is 16.2 Å². The summed E-state index contributed by atoms with van der Waals surface area (Å²) in [5.74, 6) is -1.16. The van der Waals surface area contributed by atoms with E-state index in [0.717, 1.165) is 22.6 Å². The lowest BCUT2D eigenvalue weighted by Gasteiger charge is -2.45. The lowest BCUT2D eigenvalue weighted by atomic mass is 9.80. The van der Waals surface area contributed by atoms with E-state index in [1.807, 2.05) is 19.2 Å². The number of nitrogens with one attached hydrogen (secondary N) is 1. The van der Waals surface area contributed by atoms with Gasteiger partial charge in [-0.05, 0) is 73.7 Å². The number of rotatable bonds is 2. The molecule has 8 heteroatoms. The molecule has 2 aromatic rings. The van der Waals surface area contributed by atoms with Gasteiger partial charge in [0.1, 0.15) is 5.57 Å². The van der Waals surface area contributed by atoms with E-state index in [-0.39, 0.29) is 17.0 Å². The Morgan fingerprint density at radius 2 is 1.91 bits per heavy atom. The summed E-state index contributed by atoms with van der Waals surface area (Å²) < 4.78 is 0.705. The molecule has 4 amide bonds. The van der Waals surface area contributed by atoms with E-state index in [1.165, 1.54) is 6.08 Å². The molecule has 0 aliphatic carbocycles. The molecule has 0 bridgehead atoms. The largest absolute Gasteiger partial charge is 0.369 e. The van der Waals surface area contributed by atoms with E-state index in [2.05, 4.69) is 46.9 Å². The number of fused-ring (bicyclic) bond motifs is 1. The summed E-state index contributed by atoms with van der Waals surface area (Å²) in [6.45, 7) is 6.54. The smallest absolute Gasteiger partial charge is 0.335 e. The van der Waals surface area contributed by atoms with E-state index in [9.17, 15) is 14.4 Å². The van der Waals surface area contributed by atoms with Gasteiger partial charge in [0.05, 0.1) is 5.69 Å². The summed E-state index contributed by atoms with van der Waals surface area (Å²) in [7, 11) is 2.04. The first-order valence-corrected chi connectivity index (χ1v) is 11.4. The van der Waals surface area contributed by atoms with Crippen molar-refractivity contribution in [2.75, 3.05) is 16.8 Å². The number of amides is 4. The Bertz CT molecular complexity index is 1190. The standard InChI is InChI=1S/C24H23BrClN3O3/c1-13-12-24(2,3)28(4)20-11-19(26)14(8-17(13)20)9-18-21(30)27-23(32)29(22(18)31)16-7-5-6-15(25)10-16/h5-11,13H,12H2,1-4H3,(H,27,30,32)/b18-9+/t13-/m0/s1. The van der Waals surface area contributed by atoms with Crippen LogP contribution in [0.25, 0.3) is 6.08 Å². The van der Waals surface area contributed by atoms with E-state index >= 15 is 0 Å². The maximum absolute atomic E-state index is 13.2.